The van der Waals surface area contributed by atoms with Crippen LogP contribution in [0.2, 0.25) is 0 Å². The van der Waals surface area contributed by atoms with Crippen LogP contribution < -0.4 is 24.3 Å². The highest BCUT2D eigenvalue weighted by molar-refractivity contribution is 6.01. The molecule has 0 aliphatic rings. The van der Waals surface area contributed by atoms with Gasteiger partial charge in [-0.05, 0) is 60.5 Å². The Morgan fingerprint density at radius 3 is 2.34 bits per heavy atom. The zero-order chi connectivity index (χ0) is 27.5. The quantitative estimate of drug-likeness (QED) is 0.264. The number of amides is 1. The summed E-state index contributed by atoms with van der Waals surface area (Å²) in [6.45, 7) is 2.58. The zero-order valence-electron chi connectivity index (χ0n) is 21.3. The van der Waals surface area contributed by atoms with Gasteiger partial charge in [-0.1, -0.05) is 18.2 Å². The van der Waals surface area contributed by atoms with E-state index < -0.39 is 11.9 Å². The molecule has 0 bridgehead atoms. The van der Waals surface area contributed by atoms with Gasteiger partial charge in [-0.25, -0.2) is 4.79 Å². The standard InChI is InChI=1S/C29H28N2O7/c1-4-37-27-14-20(7-12-25(27)38-18-19-5-8-21(9-6-19)29(33)34)13-23(16-30)28(32)31-17-22-10-11-24(35-2)15-26(22)36-3/h5-15H,4,17-18H2,1-3H3,(H,31,32)(H,33,34)/b23-13+. The Balaban J connectivity index is 1.72. The number of aromatic carboxylic acids is 1. The lowest BCUT2D eigenvalue weighted by Crippen LogP contribution is -2.24. The molecule has 9 nitrogen and oxygen atoms in total. The number of nitriles is 1. The summed E-state index contributed by atoms with van der Waals surface area (Å²) in [4.78, 5) is 23.7. The van der Waals surface area contributed by atoms with Crippen molar-refractivity contribution in [2.45, 2.75) is 20.1 Å². The lowest BCUT2D eigenvalue weighted by molar-refractivity contribution is -0.117. The molecule has 196 valence electrons. The van der Waals surface area contributed by atoms with E-state index in [2.05, 4.69) is 5.32 Å². The summed E-state index contributed by atoms with van der Waals surface area (Å²) in [5.41, 5.74) is 2.22. The molecule has 3 aromatic rings. The monoisotopic (exact) mass is 516 g/mol. The van der Waals surface area contributed by atoms with Crippen LogP contribution in [0.3, 0.4) is 0 Å². The predicted molar refractivity (Wildman–Crippen MR) is 140 cm³/mol. The fourth-order valence-corrected chi connectivity index (χ4v) is 3.49. The molecular weight excluding hydrogens is 488 g/mol. The van der Waals surface area contributed by atoms with Gasteiger partial charge < -0.3 is 29.4 Å². The second-order valence-corrected chi connectivity index (χ2v) is 7.96. The number of hydrogen-bond donors (Lipinski definition) is 2. The number of ether oxygens (including phenoxy) is 4. The van der Waals surface area contributed by atoms with Crippen molar-refractivity contribution in [3.8, 4) is 29.1 Å². The number of methoxy groups -OCH3 is 2. The molecule has 3 aromatic carbocycles. The largest absolute Gasteiger partial charge is 0.497 e. The van der Waals surface area contributed by atoms with Gasteiger partial charge in [-0.2, -0.15) is 5.26 Å². The van der Waals surface area contributed by atoms with E-state index in [-0.39, 0.29) is 24.3 Å². The van der Waals surface area contributed by atoms with Crippen LogP contribution in [0, 0.1) is 11.3 Å². The van der Waals surface area contributed by atoms with Gasteiger partial charge in [-0.3, -0.25) is 4.79 Å². The molecule has 0 unspecified atom stereocenters. The Hall–Kier alpha value is -4.97. The van der Waals surface area contributed by atoms with Crippen LogP contribution in [-0.2, 0) is 17.9 Å². The number of carboxylic acids is 1. The molecule has 3 rings (SSSR count). The van der Waals surface area contributed by atoms with E-state index in [9.17, 15) is 14.9 Å². The smallest absolute Gasteiger partial charge is 0.335 e. The van der Waals surface area contributed by atoms with Crippen molar-refractivity contribution >= 4 is 18.0 Å². The minimum absolute atomic E-state index is 0.0767. The van der Waals surface area contributed by atoms with Gasteiger partial charge in [-0.15, -0.1) is 0 Å². The molecule has 0 saturated heterocycles. The summed E-state index contributed by atoms with van der Waals surface area (Å²) in [5.74, 6) is 0.578. The minimum Gasteiger partial charge on any atom is -0.497 e. The van der Waals surface area contributed by atoms with E-state index >= 15 is 0 Å². The summed E-state index contributed by atoms with van der Waals surface area (Å²) in [7, 11) is 3.08. The number of carbonyl (C=O) groups is 2. The fraction of sp³-hybridized carbons (Fsp3) is 0.207. The lowest BCUT2D eigenvalue weighted by Gasteiger charge is -2.13. The van der Waals surface area contributed by atoms with Crippen molar-refractivity contribution in [3.05, 3.63) is 88.5 Å². The molecule has 2 N–H and O–H groups in total. The Labute approximate surface area is 220 Å². The number of carbonyl (C=O) groups excluding carboxylic acids is 1. The molecule has 0 saturated carbocycles. The number of nitrogens with one attached hydrogen (secondary N) is 1. The van der Waals surface area contributed by atoms with Crippen molar-refractivity contribution in [1.29, 1.82) is 5.26 Å². The van der Waals surface area contributed by atoms with Crippen LogP contribution >= 0.6 is 0 Å². The SMILES string of the molecule is CCOc1cc(/C=C(\C#N)C(=O)NCc2ccc(OC)cc2OC)ccc1OCc1ccc(C(=O)O)cc1. The number of rotatable bonds is 12. The van der Waals surface area contributed by atoms with E-state index in [0.29, 0.717) is 35.2 Å². The van der Waals surface area contributed by atoms with Gasteiger partial charge in [0, 0.05) is 18.2 Å². The molecule has 0 aliphatic carbocycles. The molecule has 0 aromatic heterocycles. The van der Waals surface area contributed by atoms with Gasteiger partial charge in [0.1, 0.15) is 29.7 Å². The first-order valence-corrected chi connectivity index (χ1v) is 11.7. The maximum absolute atomic E-state index is 12.7. The summed E-state index contributed by atoms with van der Waals surface area (Å²) < 4.78 is 22.1. The lowest BCUT2D eigenvalue weighted by atomic mass is 10.1. The van der Waals surface area contributed by atoms with Gasteiger partial charge in [0.15, 0.2) is 11.5 Å². The average Bonchev–Trinajstić information content (AvgIpc) is 2.94. The topological polar surface area (TPSA) is 127 Å². The average molecular weight is 517 g/mol. The first-order chi connectivity index (χ1) is 18.4. The van der Waals surface area contributed by atoms with Crippen LogP contribution in [-0.4, -0.2) is 37.8 Å². The third kappa shape index (κ3) is 7.27. The van der Waals surface area contributed by atoms with E-state index in [4.69, 9.17) is 24.1 Å². The zero-order valence-corrected chi connectivity index (χ0v) is 21.3. The molecule has 0 fully saturated rings. The Morgan fingerprint density at radius 1 is 0.947 bits per heavy atom. The van der Waals surface area contributed by atoms with Crippen LogP contribution in [0.5, 0.6) is 23.0 Å². The van der Waals surface area contributed by atoms with Gasteiger partial charge >= 0.3 is 5.97 Å². The minimum atomic E-state index is -0.995. The van der Waals surface area contributed by atoms with Crippen LogP contribution in [0.1, 0.15) is 34.0 Å². The maximum Gasteiger partial charge on any atom is 0.335 e. The van der Waals surface area contributed by atoms with E-state index in [1.807, 2.05) is 13.0 Å². The number of nitrogens with zero attached hydrogens (tertiary/aromatic N) is 1. The second-order valence-electron chi connectivity index (χ2n) is 7.96. The summed E-state index contributed by atoms with van der Waals surface area (Å²) in [6, 6.07) is 18.7. The Kier molecular flexibility index (Phi) is 9.72. The molecular formula is C29H28N2O7. The molecule has 0 atom stereocenters. The highest BCUT2D eigenvalue weighted by Gasteiger charge is 2.13. The van der Waals surface area contributed by atoms with Crippen LogP contribution in [0.4, 0.5) is 0 Å². The van der Waals surface area contributed by atoms with E-state index in [0.717, 1.165) is 11.1 Å². The molecule has 0 spiro atoms. The number of carboxylic acid groups (broad SMARTS) is 1. The number of hydrogen-bond acceptors (Lipinski definition) is 7. The highest BCUT2D eigenvalue weighted by Crippen LogP contribution is 2.30. The fourth-order valence-electron chi connectivity index (χ4n) is 3.49. The van der Waals surface area contributed by atoms with Crippen LogP contribution in [0.25, 0.3) is 6.08 Å². The van der Waals surface area contributed by atoms with Crippen molar-refractivity contribution in [1.82, 2.24) is 5.32 Å². The Bertz CT molecular complexity index is 1360. The van der Waals surface area contributed by atoms with Gasteiger partial charge in [0.2, 0.25) is 0 Å². The predicted octanol–water partition coefficient (Wildman–Crippen LogP) is 4.60. The van der Waals surface area contributed by atoms with Crippen LogP contribution in [0.15, 0.2) is 66.2 Å². The molecule has 0 radical (unpaired) electrons. The highest BCUT2D eigenvalue weighted by atomic mass is 16.5. The molecule has 9 heteroatoms. The second kappa shape index (κ2) is 13.4. The summed E-state index contributed by atoms with van der Waals surface area (Å²) >= 11 is 0. The van der Waals surface area contributed by atoms with Crippen molar-refractivity contribution in [3.63, 3.8) is 0 Å². The first kappa shape index (κ1) is 27.6. The van der Waals surface area contributed by atoms with Crippen molar-refractivity contribution in [2.75, 3.05) is 20.8 Å². The normalized spacial score (nSPS) is 10.7. The maximum atomic E-state index is 12.7. The summed E-state index contributed by atoms with van der Waals surface area (Å²) in [6.07, 6.45) is 1.47. The van der Waals surface area contributed by atoms with E-state index in [1.165, 1.54) is 25.3 Å². The number of benzene rings is 3. The summed E-state index contributed by atoms with van der Waals surface area (Å²) in [5, 5.41) is 21.4. The van der Waals surface area contributed by atoms with E-state index in [1.54, 1.807) is 55.6 Å². The Morgan fingerprint density at radius 2 is 1.71 bits per heavy atom. The molecule has 38 heavy (non-hydrogen) atoms. The van der Waals surface area contributed by atoms with Crippen molar-refractivity contribution in [2.24, 2.45) is 0 Å². The van der Waals surface area contributed by atoms with Crippen molar-refractivity contribution < 1.29 is 33.6 Å². The molecule has 1 amide bonds. The molecule has 0 aliphatic heterocycles. The third-order valence-corrected chi connectivity index (χ3v) is 5.47. The van der Waals surface area contributed by atoms with Gasteiger partial charge in [0.25, 0.3) is 5.91 Å². The first-order valence-electron chi connectivity index (χ1n) is 11.7. The van der Waals surface area contributed by atoms with Gasteiger partial charge in [0.05, 0.1) is 26.4 Å². The molecule has 0 heterocycles. The third-order valence-electron chi connectivity index (χ3n) is 5.47.